The number of carbonyl (C=O) groups is 1. The van der Waals surface area contributed by atoms with E-state index in [1.54, 1.807) is 0 Å². The summed E-state index contributed by atoms with van der Waals surface area (Å²) in [6.45, 7) is 3.38. The van der Waals surface area contributed by atoms with Crippen LogP contribution < -0.4 is 5.32 Å². The monoisotopic (exact) mass is 353 g/mol. The van der Waals surface area contributed by atoms with Crippen LogP contribution in [0.3, 0.4) is 0 Å². The molecule has 0 aliphatic heterocycles. The van der Waals surface area contributed by atoms with Crippen LogP contribution in [0, 0.1) is 6.92 Å². The summed E-state index contributed by atoms with van der Waals surface area (Å²) in [5.74, 6) is -0.0248. The third kappa shape index (κ3) is 5.11. The first-order valence-corrected chi connectivity index (χ1v) is 8.62. The summed E-state index contributed by atoms with van der Waals surface area (Å²) < 4.78 is 6.73. The molecule has 1 N–H and O–H groups in total. The van der Waals surface area contributed by atoms with Gasteiger partial charge in [-0.1, -0.05) is 31.4 Å². The number of halogens is 1. The van der Waals surface area contributed by atoms with Crippen LogP contribution >= 0.6 is 15.9 Å². The molecule has 116 valence electrons. The number of ether oxygens (including phenoxy) is 1. The minimum Gasteiger partial charge on any atom is -0.378 e. The van der Waals surface area contributed by atoms with Crippen molar-refractivity contribution < 1.29 is 9.53 Å². The van der Waals surface area contributed by atoms with Crippen LogP contribution in [0.2, 0.25) is 0 Å². The molecule has 4 heteroatoms. The second-order valence-electron chi connectivity index (χ2n) is 5.68. The molecular formula is C17H24BrNO2. The van der Waals surface area contributed by atoms with E-state index < -0.39 is 0 Å². The summed E-state index contributed by atoms with van der Waals surface area (Å²) >= 11 is 3.47. The van der Waals surface area contributed by atoms with Crippen molar-refractivity contribution >= 4 is 21.8 Å². The molecule has 0 radical (unpaired) electrons. The SMILES string of the molecule is Cc1cccc(C(=O)NCCCOC2CCCCC2)c1Br. The molecule has 0 bridgehead atoms. The zero-order chi connectivity index (χ0) is 15.1. The Morgan fingerprint density at radius 2 is 2.10 bits per heavy atom. The highest BCUT2D eigenvalue weighted by Crippen LogP contribution is 2.21. The highest BCUT2D eigenvalue weighted by molar-refractivity contribution is 9.10. The Balaban J connectivity index is 1.66. The molecule has 0 spiro atoms. The zero-order valence-electron chi connectivity index (χ0n) is 12.7. The van der Waals surface area contributed by atoms with E-state index in [1.165, 1.54) is 32.1 Å². The summed E-state index contributed by atoms with van der Waals surface area (Å²) in [6, 6.07) is 5.73. The molecule has 0 unspecified atom stereocenters. The van der Waals surface area contributed by atoms with Crippen LogP contribution in [0.25, 0.3) is 0 Å². The molecular weight excluding hydrogens is 330 g/mol. The van der Waals surface area contributed by atoms with Gasteiger partial charge in [0.15, 0.2) is 0 Å². The van der Waals surface area contributed by atoms with Gasteiger partial charge in [-0.05, 0) is 53.7 Å². The van der Waals surface area contributed by atoms with Crippen molar-refractivity contribution in [2.75, 3.05) is 13.2 Å². The van der Waals surface area contributed by atoms with Gasteiger partial charge in [0.2, 0.25) is 0 Å². The summed E-state index contributed by atoms with van der Waals surface area (Å²) in [5, 5.41) is 2.96. The van der Waals surface area contributed by atoms with Crippen molar-refractivity contribution in [3.05, 3.63) is 33.8 Å². The largest absolute Gasteiger partial charge is 0.378 e. The maximum Gasteiger partial charge on any atom is 0.252 e. The molecule has 1 aliphatic carbocycles. The number of carbonyl (C=O) groups excluding carboxylic acids is 1. The fourth-order valence-corrected chi connectivity index (χ4v) is 3.12. The van der Waals surface area contributed by atoms with E-state index >= 15 is 0 Å². The Labute approximate surface area is 135 Å². The molecule has 0 heterocycles. The Bertz CT molecular complexity index is 470. The van der Waals surface area contributed by atoms with Gasteiger partial charge in [-0.3, -0.25) is 4.79 Å². The lowest BCUT2D eigenvalue weighted by molar-refractivity contribution is 0.0273. The van der Waals surface area contributed by atoms with Gasteiger partial charge in [0.05, 0.1) is 11.7 Å². The van der Waals surface area contributed by atoms with Crippen LogP contribution in [-0.2, 0) is 4.74 Å². The topological polar surface area (TPSA) is 38.3 Å². The van der Waals surface area contributed by atoms with Gasteiger partial charge in [0.1, 0.15) is 0 Å². The van der Waals surface area contributed by atoms with E-state index in [0.29, 0.717) is 18.2 Å². The molecule has 0 saturated heterocycles. The van der Waals surface area contributed by atoms with Gasteiger partial charge in [0.25, 0.3) is 5.91 Å². The van der Waals surface area contributed by atoms with E-state index in [1.807, 2.05) is 25.1 Å². The van der Waals surface area contributed by atoms with Crippen molar-refractivity contribution in [3.8, 4) is 0 Å². The van der Waals surface area contributed by atoms with Crippen molar-refractivity contribution in [3.63, 3.8) is 0 Å². The van der Waals surface area contributed by atoms with Crippen molar-refractivity contribution in [2.45, 2.75) is 51.6 Å². The maximum absolute atomic E-state index is 12.1. The average molecular weight is 354 g/mol. The molecule has 3 nitrogen and oxygen atoms in total. The predicted octanol–water partition coefficient (Wildman–Crippen LogP) is 4.23. The quantitative estimate of drug-likeness (QED) is 0.777. The zero-order valence-corrected chi connectivity index (χ0v) is 14.2. The number of nitrogens with one attached hydrogen (secondary N) is 1. The Morgan fingerprint density at radius 3 is 2.86 bits per heavy atom. The number of aryl methyl sites for hydroxylation is 1. The Morgan fingerprint density at radius 1 is 1.33 bits per heavy atom. The Hall–Kier alpha value is -0.870. The molecule has 1 amide bonds. The van der Waals surface area contributed by atoms with Crippen molar-refractivity contribution in [1.29, 1.82) is 0 Å². The fourth-order valence-electron chi connectivity index (χ4n) is 2.67. The molecule has 1 aromatic rings. The summed E-state index contributed by atoms with van der Waals surface area (Å²) in [7, 11) is 0. The van der Waals surface area contributed by atoms with Crippen LogP contribution in [0.4, 0.5) is 0 Å². The van der Waals surface area contributed by atoms with Crippen LogP contribution in [0.5, 0.6) is 0 Å². The van der Waals surface area contributed by atoms with E-state index in [0.717, 1.165) is 23.1 Å². The van der Waals surface area contributed by atoms with E-state index in [-0.39, 0.29) is 5.91 Å². The van der Waals surface area contributed by atoms with Crippen molar-refractivity contribution in [2.24, 2.45) is 0 Å². The Kier molecular flexibility index (Phi) is 6.71. The minimum atomic E-state index is -0.0248. The van der Waals surface area contributed by atoms with Gasteiger partial charge >= 0.3 is 0 Å². The second-order valence-corrected chi connectivity index (χ2v) is 6.47. The molecule has 0 atom stereocenters. The van der Waals surface area contributed by atoms with Gasteiger partial charge in [-0.25, -0.2) is 0 Å². The van der Waals surface area contributed by atoms with E-state index in [4.69, 9.17) is 4.74 Å². The summed E-state index contributed by atoms with van der Waals surface area (Å²) in [5.41, 5.74) is 1.77. The first kappa shape index (κ1) is 16.5. The summed E-state index contributed by atoms with van der Waals surface area (Å²) in [4.78, 5) is 12.1. The lowest BCUT2D eigenvalue weighted by Crippen LogP contribution is -2.26. The standard InChI is InChI=1S/C17H24BrNO2/c1-13-7-5-10-15(16(13)18)17(20)19-11-6-12-21-14-8-3-2-4-9-14/h5,7,10,14H,2-4,6,8-9,11-12H2,1H3,(H,19,20). The third-order valence-electron chi connectivity index (χ3n) is 3.95. The number of hydrogen-bond donors (Lipinski definition) is 1. The van der Waals surface area contributed by atoms with Gasteiger partial charge in [-0.15, -0.1) is 0 Å². The average Bonchev–Trinajstić information content (AvgIpc) is 2.50. The number of hydrogen-bond acceptors (Lipinski definition) is 2. The van der Waals surface area contributed by atoms with Crippen LogP contribution in [-0.4, -0.2) is 25.2 Å². The van der Waals surface area contributed by atoms with Crippen LogP contribution in [0.15, 0.2) is 22.7 Å². The fraction of sp³-hybridized carbons (Fsp3) is 0.588. The molecule has 1 aliphatic rings. The number of rotatable bonds is 6. The molecule has 0 aromatic heterocycles. The summed E-state index contributed by atoms with van der Waals surface area (Å²) in [6.07, 6.45) is 7.64. The van der Waals surface area contributed by atoms with Crippen LogP contribution in [0.1, 0.15) is 54.4 Å². The molecule has 1 aromatic carbocycles. The maximum atomic E-state index is 12.1. The van der Waals surface area contributed by atoms with Gasteiger partial charge in [0, 0.05) is 17.6 Å². The molecule has 21 heavy (non-hydrogen) atoms. The van der Waals surface area contributed by atoms with E-state index in [9.17, 15) is 4.79 Å². The predicted molar refractivity (Wildman–Crippen MR) is 88.7 cm³/mol. The third-order valence-corrected chi connectivity index (χ3v) is 5.00. The first-order valence-electron chi connectivity index (χ1n) is 7.83. The minimum absolute atomic E-state index is 0.0248. The highest BCUT2D eigenvalue weighted by Gasteiger charge is 2.13. The van der Waals surface area contributed by atoms with Gasteiger partial charge < -0.3 is 10.1 Å². The van der Waals surface area contributed by atoms with Crippen molar-refractivity contribution in [1.82, 2.24) is 5.32 Å². The highest BCUT2D eigenvalue weighted by atomic mass is 79.9. The first-order chi connectivity index (χ1) is 10.2. The smallest absolute Gasteiger partial charge is 0.252 e. The second kappa shape index (κ2) is 8.54. The lowest BCUT2D eigenvalue weighted by atomic mass is 9.98. The van der Waals surface area contributed by atoms with Gasteiger partial charge in [-0.2, -0.15) is 0 Å². The number of amides is 1. The normalized spacial score (nSPS) is 15.9. The lowest BCUT2D eigenvalue weighted by Gasteiger charge is -2.21. The number of benzene rings is 1. The molecule has 1 fully saturated rings. The van der Waals surface area contributed by atoms with E-state index in [2.05, 4.69) is 21.2 Å². The molecule has 2 rings (SSSR count). The molecule has 1 saturated carbocycles.